The first kappa shape index (κ1) is 18.3. The van der Waals surface area contributed by atoms with E-state index in [-0.39, 0.29) is 11.5 Å². The van der Waals surface area contributed by atoms with Crippen LogP contribution < -0.4 is 10.3 Å². The van der Waals surface area contributed by atoms with Gasteiger partial charge in [0.25, 0.3) is 5.56 Å². The monoisotopic (exact) mass is 376 g/mol. The number of methoxy groups -OCH3 is 1. The lowest BCUT2D eigenvalue weighted by molar-refractivity contribution is 0.407. The predicted octanol–water partition coefficient (Wildman–Crippen LogP) is 3.61. The summed E-state index contributed by atoms with van der Waals surface area (Å²) in [6.07, 6.45) is 8.12. The molecule has 6 heteroatoms. The van der Waals surface area contributed by atoms with Gasteiger partial charge in [0.1, 0.15) is 17.9 Å². The van der Waals surface area contributed by atoms with E-state index in [1.807, 2.05) is 22.8 Å². The van der Waals surface area contributed by atoms with Crippen molar-refractivity contribution >= 4 is 0 Å². The van der Waals surface area contributed by atoms with E-state index in [4.69, 9.17) is 9.72 Å². The van der Waals surface area contributed by atoms with E-state index in [2.05, 4.69) is 16.0 Å². The Morgan fingerprint density at radius 1 is 1.18 bits per heavy atom. The number of aromatic nitrogens is 4. The lowest BCUT2D eigenvalue weighted by Gasteiger charge is -2.19. The largest absolute Gasteiger partial charge is 0.496 e. The Balaban J connectivity index is 1.67. The SMILES string of the molecule is COc1ccccc1CCC1CCCCn2c1nc(-c1ccncn1)cc2=O. The third-order valence-electron chi connectivity index (χ3n) is 5.39. The van der Waals surface area contributed by atoms with Crippen LogP contribution in [0.1, 0.15) is 43.0 Å². The molecule has 1 unspecified atom stereocenters. The number of nitrogens with zero attached hydrogens (tertiary/aromatic N) is 4. The predicted molar refractivity (Wildman–Crippen MR) is 107 cm³/mol. The lowest BCUT2D eigenvalue weighted by Crippen LogP contribution is -2.25. The van der Waals surface area contributed by atoms with Gasteiger partial charge in [-0.15, -0.1) is 0 Å². The molecule has 1 aromatic carbocycles. The molecule has 0 saturated carbocycles. The normalized spacial score (nSPS) is 16.2. The molecule has 0 bridgehead atoms. The van der Waals surface area contributed by atoms with Gasteiger partial charge in [-0.3, -0.25) is 9.36 Å². The fourth-order valence-corrected chi connectivity index (χ4v) is 3.94. The molecule has 0 radical (unpaired) electrons. The van der Waals surface area contributed by atoms with Crippen LogP contribution >= 0.6 is 0 Å². The fraction of sp³-hybridized carbons (Fsp3) is 0.364. The Kier molecular flexibility index (Phi) is 5.46. The molecule has 0 saturated heterocycles. The number of benzene rings is 1. The number of rotatable bonds is 5. The summed E-state index contributed by atoms with van der Waals surface area (Å²) in [6.45, 7) is 0.733. The summed E-state index contributed by atoms with van der Waals surface area (Å²) in [4.78, 5) is 25.9. The number of aryl methyl sites for hydroxylation is 1. The molecule has 28 heavy (non-hydrogen) atoms. The van der Waals surface area contributed by atoms with Crippen LogP contribution in [-0.4, -0.2) is 26.6 Å². The van der Waals surface area contributed by atoms with Crippen molar-refractivity contribution < 1.29 is 4.74 Å². The lowest BCUT2D eigenvalue weighted by atomic mass is 9.94. The van der Waals surface area contributed by atoms with Crippen molar-refractivity contribution in [2.24, 2.45) is 0 Å². The highest BCUT2D eigenvalue weighted by atomic mass is 16.5. The van der Waals surface area contributed by atoms with Gasteiger partial charge in [0.05, 0.1) is 18.5 Å². The van der Waals surface area contributed by atoms with Crippen molar-refractivity contribution in [3.8, 4) is 17.1 Å². The third kappa shape index (κ3) is 3.81. The van der Waals surface area contributed by atoms with Crippen molar-refractivity contribution in [3.63, 3.8) is 0 Å². The summed E-state index contributed by atoms with van der Waals surface area (Å²) in [5.41, 5.74) is 2.50. The molecular formula is C22H24N4O2. The van der Waals surface area contributed by atoms with E-state index in [1.54, 1.807) is 25.4 Å². The van der Waals surface area contributed by atoms with E-state index in [0.717, 1.165) is 50.2 Å². The van der Waals surface area contributed by atoms with Gasteiger partial charge >= 0.3 is 0 Å². The van der Waals surface area contributed by atoms with Crippen LogP contribution in [0.3, 0.4) is 0 Å². The van der Waals surface area contributed by atoms with E-state index in [1.165, 1.54) is 11.9 Å². The molecule has 0 fully saturated rings. The molecule has 6 nitrogen and oxygen atoms in total. The molecule has 3 heterocycles. The Labute approximate surface area is 164 Å². The van der Waals surface area contributed by atoms with E-state index in [0.29, 0.717) is 11.4 Å². The van der Waals surface area contributed by atoms with Crippen LogP contribution in [0.4, 0.5) is 0 Å². The molecule has 1 aliphatic heterocycles. The molecule has 144 valence electrons. The summed E-state index contributed by atoms with van der Waals surface area (Å²) in [5.74, 6) is 2.03. The first-order chi connectivity index (χ1) is 13.8. The highest BCUT2D eigenvalue weighted by Gasteiger charge is 2.23. The topological polar surface area (TPSA) is 69.9 Å². The van der Waals surface area contributed by atoms with E-state index >= 15 is 0 Å². The maximum absolute atomic E-state index is 12.8. The molecule has 1 aliphatic rings. The second-order valence-electron chi connectivity index (χ2n) is 7.13. The Hall–Kier alpha value is -3.02. The zero-order valence-corrected chi connectivity index (χ0v) is 16.0. The molecule has 1 atom stereocenters. The van der Waals surface area contributed by atoms with Gasteiger partial charge in [-0.25, -0.2) is 15.0 Å². The van der Waals surface area contributed by atoms with Crippen LogP contribution in [0.15, 0.2) is 53.7 Å². The second-order valence-corrected chi connectivity index (χ2v) is 7.13. The molecule has 0 N–H and O–H groups in total. The van der Waals surface area contributed by atoms with Gasteiger partial charge in [0.2, 0.25) is 0 Å². The standard InChI is InChI=1S/C22H24N4O2/c1-28-20-8-3-2-6-16(20)9-10-17-7-4-5-13-26-21(27)14-19(25-22(17)26)18-11-12-23-15-24-18/h2-3,6,8,11-12,14-15,17H,4-5,7,9-10,13H2,1H3. The molecule has 3 aromatic rings. The van der Waals surface area contributed by atoms with Gasteiger partial charge in [-0.05, 0) is 43.4 Å². The smallest absolute Gasteiger partial charge is 0.254 e. The summed E-state index contributed by atoms with van der Waals surface area (Å²) in [5, 5.41) is 0. The number of fused-ring (bicyclic) bond motifs is 1. The number of ether oxygens (including phenoxy) is 1. The third-order valence-corrected chi connectivity index (χ3v) is 5.39. The van der Waals surface area contributed by atoms with Crippen LogP contribution in [0.2, 0.25) is 0 Å². The molecule has 0 spiro atoms. The minimum absolute atomic E-state index is 0.00260. The average molecular weight is 376 g/mol. The maximum Gasteiger partial charge on any atom is 0.254 e. The molecule has 0 aliphatic carbocycles. The maximum atomic E-state index is 12.8. The van der Waals surface area contributed by atoms with Crippen LogP contribution in [0, 0.1) is 0 Å². The van der Waals surface area contributed by atoms with Gasteiger partial charge in [0, 0.05) is 24.7 Å². The van der Waals surface area contributed by atoms with Crippen LogP contribution in [0.25, 0.3) is 11.4 Å². The van der Waals surface area contributed by atoms with Crippen molar-refractivity contribution in [2.45, 2.75) is 44.6 Å². The molecule has 4 rings (SSSR count). The zero-order chi connectivity index (χ0) is 19.3. The number of hydrogen-bond donors (Lipinski definition) is 0. The Bertz CT molecular complexity index is 1000. The van der Waals surface area contributed by atoms with E-state index < -0.39 is 0 Å². The quantitative estimate of drug-likeness (QED) is 0.680. The average Bonchev–Trinajstić information content (AvgIpc) is 2.95. The minimum atomic E-state index is 0.00260. The van der Waals surface area contributed by atoms with Gasteiger partial charge < -0.3 is 4.74 Å². The highest BCUT2D eigenvalue weighted by Crippen LogP contribution is 2.31. The Morgan fingerprint density at radius 3 is 2.89 bits per heavy atom. The van der Waals surface area contributed by atoms with E-state index in [9.17, 15) is 4.79 Å². The van der Waals surface area contributed by atoms with Crippen molar-refractivity contribution in [2.75, 3.05) is 7.11 Å². The molecular weight excluding hydrogens is 352 g/mol. The summed E-state index contributed by atoms with van der Waals surface area (Å²) < 4.78 is 7.34. The second kappa shape index (κ2) is 8.33. The minimum Gasteiger partial charge on any atom is -0.496 e. The molecule has 2 aromatic heterocycles. The van der Waals surface area contributed by atoms with Crippen LogP contribution in [-0.2, 0) is 13.0 Å². The fourth-order valence-electron chi connectivity index (χ4n) is 3.94. The summed E-state index contributed by atoms with van der Waals surface area (Å²) >= 11 is 0. The van der Waals surface area contributed by atoms with Crippen LogP contribution in [0.5, 0.6) is 5.75 Å². The number of para-hydroxylation sites is 1. The van der Waals surface area contributed by atoms with Gasteiger partial charge in [-0.1, -0.05) is 24.6 Å². The first-order valence-corrected chi connectivity index (χ1v) is 9.76. The molecule has 0 amide bonds. The zero-order valence-electron chi connectivity index (χ0n) is 16.0. The van der Waals surface area contributed by atoms with Gasteiger partial charge in [-0.2, -0.15) is 0 Å². The first-order valence-electron chi connectivity index (χ1n) is 9.76. The van der Waals surface area contributed by atoms with Gasteiger partial charge in [0.15, 0.2) is 0 Å². The summed E-state index contributed by atoms with van der Waals surface area (Å²) in [7, 11) is 1.70. The summed E-state index contributed by atoms with van der Waals surface area (Å²) in [6, 6.07) is 11.5. The van der Waals surface area contributed by atoms with Crippen molar-refractivity contribution in [1.82, 2.24) is 19.5 Å². The number of hydrogen-bond acceptors (Lipinski definition) is 5. The highest BCUT2D eigenvalue weighted by molar-refractivity contribution is 5.52. The Morgan fingerprint density at radius 2 is 2.07 bits per heavy atom. The van der Waals surface area contributed by atoms with Crippen molar-refractivity contribution in [3.05, 3.63) is 70.7 Å². The van der Waals surface area contributed by atoms with Crippen molar-refractivity contribution in [1.29, 1.82) is 0 Å².